The molecule has 0 saturated carbocycles. The van der Waals surface area contributed by atoms with E-state index in [1.54, 1.807) is 0 Å². The van der Waals surface area contributed by atoms with Gasteiger partial charge in [0.25, 0.3) is 0 Å². The van der Waals surface area contributed by atoms with E-state index < -0.39 is 0 Å². The van der Waals surface area contributed by atoms with Crippen molar-refractivity contribution in [2.24, 2.45) is 11.8 Å². The van der Waals surface area contributed by atoms with E-state index in [0.29, 0.717) is 11.7 Å². The molecule has 27 heavy (non-hydrogen) atoms. The average Bonchev–Trinajstić information content (AvgIpc) is 3.01. The predicted octanol–water partition coefficient (Wildman–Crippen LogP) is 4.03. The van der Waals surface area contributed by atoms with E-state index in [1.165, 1.54) is 17.0 Å². The zero-order valence-corrected chi connectivity index (χ0v) is 16.5. The number of nitrogens with one attached hydrogen (secondary N) is 1. The number of carbonyl (C=O) groups is 1. The van der Waals surface area contributed by atoms with Crippen LogP contribution >= 0.6 is 0 Å². The SMILES string of the molecule is CCc1c(C)[nH]c2c1C(=O)[C@@H]1CN(CCCOc3ccccc3)CC[C@H]1C2. The molecule has 144 valence electrons. The number of para-hydroxylation sites is 1. The van der Waals surface area contributed by atoms with Gasteiger partial charge < -0.3 is 14.6 Å². The summed E-state index contributed by atoms with van der Waals surface area (Å²) in [5.74, 6) is 1.99. The standard InChI is InChI=1S/C23H30N2O2/c1-3-19-16(2)24-21-14-17-10-12-25(15-20(17)23(26)22(19)21)11-7-13-27-18-8-5-4-6-9-18/h4-6,8-9,17,20,24H,3,7,10-15H2,1-2H3/t17-,20+/m0/s1. The summed E-state index contributed by atoms with van der Waals surface area (Å²) >= 11 is 0. The molecule has 4 rings (SSSR count). The van der Waals surface area contributed by atoms with Crippen LogP contribution < -0.4 is 4.74 Å². The second-order valence-electron chi connectivity index (χ2n) is 7.97. The van der Waals surface area contributed by atoms with Crippen LogP contribution in [0.1, 0.15) is 47.1 Å². The van der Waals surface area contributed by atoms with E-state index in [1.807, 2.05) is 30.3 Å². The number of carbonyl (C=O) groups excluding carboxylic acids is 1. The van der Waals surface area contributed by atoms with Crippen LogP contribution in [0.5, 0.6) is 5.75 Å². The van der Waals surface area contributed by atoms with E-state index in [9.17, 15) is 4.79 Å². The van der Waals surface area contributed by atoms with Gasteiger partial charge in [0.15, 0.2) is 5.78 Å². The van der Waals surface area contributed by atoms with Crippen molar-refractivity contribution in [1.82, 2.24) is 9.88 Å². The number of Topliss-reactive ketones (excluding diaryl/α,β-unsaturated/α-hetero) is 1. The van der Waals surface area contributed by atoms with Gasteiger partial charge in [-0.1, -0.05) is 25.1 Å². The molecule has 4 nitrogen and oxygen atoms in total. The number of ether oxygens (including phenoxy) is 1. The second kappa shape index (κ2) is 7.89. The number of rotatable bonds is 6. The lowest BCUT2D eigenvalue weighted by atomic mass is 9.72. The zero-order valence-electron chi connectivity index (χ0n) is 16.5. The molecule has 0 radical (unpaired) electrons. The van der Waals surface area contributed by atoms with Gasteiger partial charge in [-0.25, -0.2) is 0 Å². The Morgan fingerprint density at radius 1 is 1.26 bits per heavy atom. The molecule has 1 fully saturated rings. The van der Waals surface area contributed by atoms with Crippen LogP contribution in [0.15, 0.2) is 30.3 Å². The summed E-state index contributed by atoms with van der Waals surface area (Å²) in [6.45, 7) is 7.98. The number of piperidine rings is 1. The van der Waals surface area contributed by atoms with Gasteiger partial charge in [0, 0.05) is 36.0 Å². The van der Waals surface area contributed by atoms with Crippen LogP contribution in [0.4, 0.5) is 0 Å². The first-order valence-corrected chi connectivity index (χ1v) is 10.3. The van der Waals surface area contributed by atoms with E-state index in [-0.39, 0.29) is 5.92 Å². The van der Waals surface area contributed by atoms with Crippen LogP contribution in [0.25, 0.3) is 0 Å². The van der Waals surface area contributed by atoms with Gasteiger partial charge in [-0.3, -0.25) is 4.79 Å². The molecule has 1 N–H and O–H groups in total. The van der Waals surface area contributed by atoms with E-state index in [2.05, 4.69) is 23.7 Å². The van der Waals surface area contributed by atoms with Crippen LogP contribution in [-0.4, -0.2) is 41.9 Å². The smallest absolute Gasteiger partial charge is 0.169 e. The van der Waals surface area contributed by atoms with Gasteiger partial charge in [-0.2, -0.15) is 0 Å². The Labute approximate surface area is 161 Å². The Kier molecular flexibility index (Phi) is 5.35. The lowest BCUT2D eigenvalue weighted by Gasteiger charge is -2.40. The largest absolute Gasteiger partial charge is 0.494 e. The van der Waals surface area contributed by atoms with Crippen molar-refractivity contribution in [3.8, 4) is 5.75 Å². The number of benzene rings is 1. The summed E-state index contributed by atoms with van der Waals surface area (Å²) in [5, 5.41) is 0. The molecule has 1 aliphatic carbocycles. The summed E-state index contributed by atoms with van der Waals surface area (Å²) in [6, 6.07) is 9.98. The molecule has 0 spiro atoms. The maximum absolute atomic E-state index is 13.2. The fourth-order valence-corrected chi connectivity index (χ4v) is 4.88. The molecule has 2 aromatic rings. The van der Waals surface area contributed by atoms with Crippen molar-refractivity contribution in [1.29, 1.82) is 0 Å². The molecule has 1 aliphatic heterocycles. The van der Waals surface area contributed by atoms with Gasteiger partial charge in [-0.15, -0.1) is 0 Å². The average molecular weight is 367 g/mol. The van der Waals surface area contributed by atoms with Gasteiger partial charge in [0.2, 0.25) is 0 Å². The summed E-state index contributed by atoms with van der Waals surface area (Å²) in [4.78, 5) is 19.2. The minimum absolute atomic E-state index is 0.168. The van der Waals surface area contributed by atoms with Crippen LogP contribution in [0.3, 0.4) is 0 Å². The second-order valence-corrected chi connectivity index (χ2v) is 7.97. The Morgan fingerprint density at radius 3 is 2.85 bits per heavy atom. The molecular formula is C23H30N2O2. The number of hydrogen-bond donors (Lipinski definition) is 1. The predicted molar refractivity (Wildman–Crippen MR) is 108 cm³/mol. The molecule has 2 heterocycles. The third kappa shape index (κ3) is 3.68. The molecule has 1 aromatic carbocycles. The fraction of sp³-hybridized carbons (Fsp3) is 0.522. The molecule has 1 saturated heterocycles. The third-order valence-corrected chi connectivity index (χ3v) is 6.27. The minimum atomic E-state index is 0.168. The first kappa shape index (κ1) is 18.3. The molecule has 1 aromatic heterocycles. The van der Waals surface area contributed by atoms with Crippen molar-refractivity contribution < 1.29 is 9.53 Å². The van der Waals surface area contributed by atoms with Crippen LogP contribution in [0.2, 0.25) is 0 Å². The number of nitrogens with zero attached hydrogens (tertiary/aromatic N) is 1. The van der Waals surface area contributed by atoms with Gasteiger partial charge in [0.1, 0.15) is 5.75 Å². The number of hydrogen-bond acceptors (Lipinski definition) is 3. The Morgan fingerprint density at radius 2 is 2.07 bits per heavy atom. The monoisotopic (exact) mass is 366 g/mol. The van der Waals surface area contributed by atoms with Crippen molar-refractivity contribution in [2.45, 2.75) is 39.5 Å². The van der Waals surface area contributed by atoms with Gasteiger partial charge in [0.05, 0.1) is 6.61 Å². The van der Waals surface area contributed by atoms with Crippen molar-refractivity contribution >= 4 is 5.78 Å². The highest BCUT2D eigenvalue weighted by Gasteiger charge is 2.41. The summed E-state index contributed by atoms with van der Waals surface area (Å²) in [5.41, 5.74) is 4.64. The fourth-order valence-electron chi connectivity index (χ4n) is 4.88. The van der Waals surface area contributed by atoms with Crippen LogP contribution in [0, 0.1) is 18.8 Å². The highest BCUT2D eigenvalue weighted by atomic mass is 16.5. The normalized spacial score (nSPS) is 22.4. The highest BCUT2D eigenvalue weighted by molar-refractivity contribution is 6.02. The third-order valence-electron chi connectivity index (χ3n) is 6.27. The van der Waals surface area contributed by atoms with Gasteiger partial charge in [-0.05, 0) is 62.8 Å². The lowest BCUT2D eigenvalue weighted by Crippen LogP contribution is -2.47. The number of aromatic nitrogens is 1. The number of ketones is 1. The quantitative estimate of drug-likeness (QED) is 0.785. The maximum atomic E-state index is 13.2. The highest BCUT2D eigenvalue weighted by Crippen LogP contribution is 2.38. The van der Waals surface area contributed by atoms with E-state index >= 15 is 0 Å². The molecule has 0 unspecified atom stereocenters. The summed E-state index contributed by atoms with van der Waals surface area (Å²) in [7, 11) is 0. The molecule has 4 heteroatoms. The minimum Gasteiger partial charge on any atom is -0.494 e. The molecular weight excluding hydrogens is 336 g/mol. The zero-order chi connectivity index (χ0) is 18.8. The van der Waals surface area contributed by atoms with E-state index in [4.69, 9.17) is 4.74 Å². The van der Waals surface area contributed by atoms with Gasteiger partial charge >= 0.3 is 0 Å². The Balaban J connectivity index is 1.34. The van der Waals surface area contributed by atoms with Crippen molar-refractivity contribution in [3.05, 3.63) is 52.8 Å². The van der Waals surface area contributed by atoms with Crippen molar-refractivity contribution in [2.75, 3.05) is 26.2 Å². The molecule has 2 atom stereocenters. The molecule has 2 aliphatic rings. The first-order valence-electron chi connectivity index (χ1n) is 10.3. The molecule has 0 bridgehead atoms. The number of fused-ring (bicyclic) bond motifs is 2. The summed E-state index contributed by atoms with van der Waals surface area (Å²) < 4.78 is 5.81. The number of aromatic amines is 1. The lowest BCUT2D eigenvalue weighted by molar-refractivity contribution is 0.0650. The number of aryl methyl sites for hydroxylation is 1. The Bertz CT molecular complexity index is 796. The van der Waals surface area contributed by atoms with Crippen LogP contribution in [-0.2, 0) is 12.8 Å². The first-order chi connectivity index (χ1) is 13.2. The summed E-state index contributed by atoms with van der Waals surface area (Å²) in [6.07, 6.45) is 4.09. The molecule has 0 amide bonds. The maximum Gasteiger partial charge on any atom is 0.169 e. The van der Waals surface area contributed by atoms with E-state index in [0.717, 1.165) is 63.2 Å². The van der Waals surface area contributed by atoms with Crippen molar-refractivity contribution in [3.63, 3.8) is 0 Å². The number of likely N-dealkylation sites (tertiary alicyclic amines) is 1. The Hall–Kier alpha value is -2.07. The number of H-pyrrole nitrogens is 1. The topological polar surface area (TPSA) is 45.3 Å².